The Bertz CT molecular complexity index is 588. The summed E-state index contributed by atoms with van der Waals surface area (Å²) in [5, 5.41) is 0. The average Bonchev–Trinajstić information content (AvgIpc) is 2.48. The van der Waals surface area contributed by atoms with Gasteiger partial charge in [0.25, 0.3) is 0 Å². The molecule has 1 saturated carbocycles. The van der Waals surface area contributed by atoms with Crippen LogP contribution in [0, 0.1) is 17.2 Å². The van der Waals surface area contributed by atoms with Gasteiger partial charge in [-0.3, -0.25) is 0 Å². The van der Waals surface area contributed by atoms with Gasteiger partial charge in [-0.15, -0.1) is 0 Å². The van der Waals surface area contributed by atoms with Crippen LogP contribution in [0.5, 0.6) is 0 Å². The van der Waals surface area contributed by atoms with Crippen molar-refractivity contribution in [2.45, 2.75) is 63.8 Å². The Kier molecular flexibility index (Phi) is 5.28. The summed E-state index contributed by atoms with van der Waals surface area (Å²) in [5.41, 5.74) is 0.320. The molecule has 5 heteroatoms. The molecule has 1 aromatic rings. The standard InChI is InChI=1S/C17H26FNO2S/c1-4-17(2,3)13-5-9-15(10-6-13)19-22(20,21)16-11-7-14(18)8-12-16/h7-8,11-13,15,19H,4-6,9-10H2,1-3H3. The summed E-state index contributed by atoms with van der Waals surface area (Å²) in [5.74, 6) is 0.227. The topological polar surface area (TPSA) is 46.2 Å². The number of halogens is 1. The van der Waals surface area contributed by atoms with Crippen LogP contribution in [0.15, 0.2) is 29.2 Å². The van der Waals surface area contributed by atoms with Crippen LogP contribution < -0.4 is 4.72 Å². The smallest absolute Gasteiger partial charge is 0.208 e. The molecule has 1 aliphatic rings. The molecule has 0 amide bonds. The molecule has 2 rings (SSSR count). The first kappa shape index (κ1) is 17.4. The number of benzene rings is 1. The third-order valence-corrected chi connectivity index (χ3v) is 6.73. The minimum absolute atomic E-state index is 0.0149. The average molecular weight is 327 g/mol. The highest BCUT2D eigenvalue weighted by atomic mass is 32.2. The Hall–Kier alpha value is -0.940. The summed E-state index contributed by atoms with van der Waals surface area (Å²) < 4.78 is 40.3. The van der Waals surface area contributed by atoms with Crippen molar-refractivity contribution in [1.82, 2.24) is 4.72 Å². The molecule has 1 fully saturated rings. The van der Waals surface area contributed by atoms with E-state index in [-0.39, 0.29) is 10.9 Å². The molecule has 0 atom stereocenters. The lowest BCUT2D eigenvalue weighted by molar-refractivity contribution is 0.142. The van der Waals surface area contributed by atoms with Crippen LogP contribution in [0.2, 0.25) is 0 Å². The Morgan fingerprint density at radius 2 is 1.68 bits per heavy atom. The van der Waals surface area contributed by atoms with Crippen molar-refractivity contribution in [3.8, 4) is 0 Å². The minimum Gasteiger partial charge on any atom is -0.208 e. The SMILES string of the molecule is CCC(C)(C)C1CCC(NS(=O)(=O)c2ccc(F)cc2)CC1. The van der Waals surface area contributed by atoms with Crippen molar-refractivity contribution in [2.75, 3.05) is 0 Å². The Labute approximate surface area is 133 Å². The van der Waals surface area contributed by atoms with Gasteiger partial charge in [0.05, 0.1) is 4.90 Å². The van der Waals surface area contributed by atoms with Gasteiger partial charge in [-0.2, -0.15) is 0 Å². The number of sulfonamides is 1. The summed E-state index contributed by atoms with van der Waals surface area (Å²) in [7, 11) is -3.55. The van der Waals surface area contributed by atoms with Gasteiger partial charge in [0.2, 0.25) is 10.0 Å². The van der Waals surface area contributed by atoms with E-state index in [1.807, 2.05) is 0 Å². The van der Waals surface area contributed by atoms with Crippen LogP contribution in [0.4, 0.5) is 4.39 Å². The second kappa shape index (κ2) is 6.67. The van der Waals surface area contributed by atoms with Crippen molar-refractivity contribution in [1.29, 1.82) is 0 Å². The zero-order valence-corrected chi connectivity index (χ0v) is 14.4. The van der Waals surface area contributed by atoms with Gasteiger partial charge in [-0.1, -0.05) is 27.2 Å². The molecule has 0 saturated heterocycles. The number of hydrogen-bond donors (Lipinski definition) is 1. The van der Waals surface area contributed by atoms with E-state index in [2.05, 4.69) is 25.5 Å². The molecule has 0 aromatic heterocycles. The van der Waals surface area contributed by atoms with E-state index < -0.39 is 15.8 Å². The van der Waals surface area contributed by atoms with Crippen molar-refractivity contribution in [2.24, 2.45) is 11.3 Å². The van der Waals surface area contributed by atoms with E-state index in [0.717, 1.165) is 32.1 Å². The molecular weight excluding hydrogens is 301 g/mol. The molecule has 124 valence electrons. The largest absolute Gasteiger partial charge is 0.240 e. The predicted octanol–water partition coefficient (Wildman–Crippen LogP) is 4.10. The maximum Gasteiger partial charge on any atom is 0.240 e. The van der Waals surface area contributed by atoms with E-state index in [4.69, 9.17) is 0 Å². The van der Waals surface area contributed by atoms with Gasteiger partial charge >= 0.3 is 0 Å². The Balaban J connectivity index is 1.97. The van der Waals surface area contributed by atoms with Crippen LogP contribution in [-0.4, -0.2) is 14.5 Å². The zero-order valence-electron chi connectivity index (χ0n) is 13.6. The molecule has 1 aliphatic carbocycles. The Morgan fingerprint density at radius 3 is 2.18 bits per heavy atom. The molecule has 0 spiro atoms. The highest BCUT2D eigenvalue weighted by molar-refractivity contribution is 7.89. The van der Waals surface area contributed by atoms with Crippen molar-refractivity contribution in [3.63, 3.8) is 0 Å². The fourth-order valence-corrected chi connectivity index (χ4v) is 4.49. The summed E-state index contributed by atoms with van der Waals surface area (Å²) in [6, 6.07) is 4.95. The molecule has 0 heterocycles. The lowest BCUT2D eigenvalue weighted by Gasteiger charge is -2.39. The van der Waals surface area contributed by atoms with Crippen LogP contribution in [0.3, 0.4) is 0 Å². The van der Waals surface area contributed by atoms with Gasteiger partial charge in [0.15, 0.2) is 0 Å². The molecule has 22 heavy (non-hydrogen) atoms. The maximum atomic E-state index is 12.9. The van der Waals surface area contributed by atoms with Crippen LogP contribution >= 0.6 is 0 Å². The van der Waals surface area contributed by atoms with Gasteiger partial charge in [-0.25, -0.2) is 17.5 Å². The van der Waals surface area contributed by atoms with E-state index >= 15 is 0 Å². The third-order valence-electron chi connectivity index (χ3n) is 5.19. The number of nitrogens with one attached hydrogen (secondary N) is 1. The summed E-state index contributed by atoms with van der Waals surface area (Å²) in [4.78, 5) is 0.130. The van der Waals surface area contributed by atoms with Gasteiger partial charge in [0.1, 0.15) is 5.82 Å². The second-order valence-electron chi connectivity index (χ2n) is 6.97. The van der Waals surface area contributed by atoms with E-state index in [1.165, 1.54) is 24.3 Å². The lowest BCUT2D eigenvalue weighted by Crippen LogP contribution is -2.39. The maximum absolute atomic E-state index is 12.9. The van der Waals surface area contributed by atoms with Crippen molar-refractivity contribution >= 4 is 10.0 Å². The molecule has 3 nitrogen and oxygen atoms in total. The fraction of sp³-hybridized carbons (Fsp3) is 0.647. The van der Waals surface area contributed by atoms with Crippen molar-refractivity contribution in [3.05, 3.63) is 30.1 Å². The van der Waals surface area contributed by atoms with E-state index in [9.17, 15) is 12.8 Å². The minimum atomic E-state index is -3.55. The van der Waals surface area contributed by atoms with Gasteiger partial charge in [-0.05, 0) is 61.3 Å². The highest BCUT2D eigenvalue weighted by Gasteiger charge is 2.33. The summed E-state index contributed by atoms with van der Waals surface area (Å²) >= 11 is 0. The van der Waals surface area contributed by atoms with E-state index in [1.54, 1.807) is 0 Å². The molecule has 0 aliphatic heterocycles. The van der Waals surface area contributed by atoms with Gasteiger partial charge in [0, 0.05) is 6.04 Å². The highest BCUT2D eigenvalue weighted by Crippen LogP contribution is 2.40. The second-order valence-corrected chi connectivity index (χ2v) is 8.68. The number of hydrogen-bond acceptors (Lipinski definition) is 2. The lowest BCUT2D eigenvalue weighted by atomic mass is 9.69. The quantitative estimate of drug-likeness (QED) is 0.885. The molecule has 1 N–H and O–H groups in total. The third kappa shape index (κ3) is 4.07. The Morgan fingerprint density at radius 1 is 1.14 bits per heavy atom. The van der Waals surface area contributed by atoms with Crippen LogP contribution in [0.1, 0.15) is 52.9 Å². The van der Waals surface area contributed by atoms with Crippen LogP contribution in [-0.2, 0) is 10.0 Å². The first-order chi connectivity index (χ1) is 10.2. The zero-order chi connectivity index (χ0) is 16.4. The first-order valence-corrected chi connectivity index (χ1v) is 9.51. The van der Waals surface area contributed by atoms with Gasteiger partial charge < -0.3 is 0 Å². The molecule has 0 radical (unpaired) electrons. The molecule has 0 unspecified atom stereocenters. The normalized spacial score (nSPS) is 23.5. The molecular formula is C17H26FNO2S. The summed E-state index contributed by atoms with van der Waals surface area (Å²) in [6.45, 7) is 6.80. The van der Waals surface area contributed by atoms with Crippen molar-refractivity contribution < 1.29 is 12.8 Å². The predicted molar refractivity (Wildman–Crippen MR) is 86.5 cm³/mol. The summed E-state index contributed by atoms with van der Waals surface area (Å²) in [6.07, 6.45) is 4.99. The fourth-order valence-electron chi connectivity index (χ4n) is 3.18. The van der Waals surface area contributed by atoms with Crippen LogP contribution in [0.25, 0.3) is 0 Å². The number of rotatable bonds is 5. The van der Waals surface area contributed by atoms with E-state index in [0.29, 0.717) is 11.3 Å². The monoisotopic (exact) mass is 327 g/mol. The molecule has 0 bridgehead atoms. The first-order valence-electron chi connectivity index (χ1n) is 8.02. The molecule has 1 aromatic carbocycles.